The van der Waals surface area contributed by atoms with Crippen molar-refractivity contribution in [2.75, 3.05) is 0 Å². The Morgan fingerprint density at radius 3 is 1.14 bits per heavy atom. The van der Waals surface area contributed by atoms with E-state index in [1.807, 2.05) is 48.5 Å². The van der Waals surface area contributed by atoms with Crippen LogP contribution >= 0.6 is 31.9 Å². The van der Waals surface area contributed by atoms with E-state index < -0.39 is 11.9 Å². The van der Waals surface area contributed by atoms with Gasteiger partial charge < -0.3 is 9.47 Å². The van der Waals surface area contributed by atoms with E-state index in [2.05, 4.69) is 131 Å². The van der Waals surface area contributed by atoms with Gasteiger partial charge in [0, 0.05) is 20.1 Å². The summed E-state index contributed by atoms with van der Waals surface area (Å²) in [5.41, 5.74) is 9.51. The molecule has 2 saturated carbocycles. The topological polar surface area (TPSA) is 52.6 Å². The number of esters is 2. The maximum atomic E-state index is 14.1. The summed E-state index contributed by atoms with van der Waals surface area (Å²) >= 11 is 7.00. The minimum absolute atomic E-state index is 0.364. The molecule has 0 heterocycles. The number of carbonyl (C=O) groups is 2. The van der Waals surface area contributed by atoms with E-state index in [-0.39, 0.29) is 0 Å². The molecule has 2 fully saturated rings. The Morgan fingerprint density at radius 1 is 0.429 bits per heavy atom. The number of rotatable bonds is 13. The Balaban J connectivity index is 1.06. The number of hydrogen-bond acceptors (Lipinski definition) is 4. The van der Waals surface area contributed by atoms with Gasteiger partial charge >= 0.3 is 11.9 Å². The molecule has 0 bridgehead atoms. The summed E-state index contributed by atoms with van der Waals surface area (Å²) in [6.45, 7) is 4.60. The van der Waals surface area contributed by atoms with E-state index in [0.29, 0.717) is 45.6 Å². The molecule has 2 aliphatic carbocycles. The van der Waals surface area contributed by atoms with Crippen LogP contribution in [0.3, 0.4) is 0 Å². The summed E-state index contributed by atoms with van der Waals surface area (Å²) < 4.78 is 14.6. The van der Waals surface area contributed by atoms with Crippen LogP contribution in [0, 0.1) is 11.8 Å². The molecule has 0 aromatic heterocycles. The van der Waals surface area contributed by atoms with Crippen molar-refractivity contribution in [3.8, 4) is 44.9 Å². The van der Waals surface area contributed by atoms with Gasteiger partial charge in [-0.2, -0.15) is 0 Å². The fourth-order valence-electron chi connectivity index (χ4n) is 11.4. The van der Waals surface area contributed by atoms with Crippen LogP contribution in [-0.2, 0) is 0 Å². The summed E-state index contributed by atoms with van der Waals surface area (Å²) in [4.78, 5) is 28.1. The van der Waals surface area contributed by atoms with Crippen LogP contribution in [0.2, 0.25) is 0 Å². The Morgan fingerprint density at radius 2 is 0.786 bits per heavy atom. The third-order valence-electron chi connectivity index (χ3n) is 15.3. The first-order chi connectivity index (χ1) is 34.2. The van der Waals surface area contributed by atoms with Gasteiger partial charge in [0.15, 0.2) is 0 Å². The van der Waals surface area contributed by atoms with E-state index in [4.69, 9.17) is 9.47 Å². The zero-order valence-electron chi connectivity index (χ0n) is 40.2. The quantitative estimate of drug-likeness (QED) is 0.0853. The molecule has 8 aromatic carbocycles. The van der Waals surface area contributed by atoms with E-state index >= 15 is 0 Å². The van der Waals surface area contributed by atoms with Crippen LogP contribution in [-0.4, -0.2) is 11.9 Å². The molecule has 0 saturated heterocycles. The smallest absolute Gasteiger partial charge is 0.343 e. The van der Waals surface area contributed by atoms with Crippen LogP contribution in [0.25, 0.3) is 54.9 Å². The van der Waals surface area contributed by atoms with Crippen LogP contribution in [0.15, 0.2) is 167 Å². The lowest BCUT2D eigenvalue weighted by molar-refractivity contribution is 0.0723. The molecule has 10 rings (SSSR count). The largest absolute Gasteiger partial charge is 0.422 e. The SMILES string of the molecule is CCC[C@H]1CC[C@H](c2ccc(-c3ccc4c(-c5c(OC(=O)c6ccc(Br)cc6)ccc6cc(-c7ccc([C@H]8CC[C@H](CCC)CC8)cc7)ccc56)c(OC(=O)c5ccc(Br)cc5)ccc4c3)cc2)CC1. The van der Waals surface area contributed by atoms with E-state index in [1.165, 1.54) is 88.2 Å². The van der Waals surface area contributed by atoms with E-state index in [0.717, 1.165) is 64.6 Å². The van der Waals surface area contributed by atoms with Gasteiger partial charge in [0.1, 0.15) is 11.5 Å². The van der Waals surface area contributed by atoms with Crippen LogP contribution < -0.4 is 9.47 Å². The van der Waals surface area contributed by atoms with Gasteiger partial charge in [0.2, 0.25) is 0 Å². The molecule has 0 radical (unpaired) electrons. The molecule has 0 spiro atoms. The Hall–Kier alpha value is -5.82. The maximum absolute atomic E-state index is 14.1. The van der Waals surface area contributed by atoms with Crippen molar-refractivity contribution in [1.82, 2.24) is 0 Å². The van der Waals surface area contributed by atoms with Crippen molar-refractivity contribution in [1.29, 1.82) is 0 Å². The number of ether oxygens (including phenoxy) is 2. The second-order valence-corrected chi connectivity index (χ2v) is 21.6. The average molecular weight is 1050 g/mol. The summed E-state index contributed by atoms with van der Waals surface area (Å²) in [6, 6.07) is 53.4. The highest BCUT2D eigenvalue weighted by Gasteiger charge is 2.26. The zero-order valence-corrected chi connectivity index (χ0v) is 43.4. The van der Waals surface area contributed by atoms with Gasteiger partial charge in [-0.25, -0.2) is 9.59 Å². The van der Waals surface area contributed by atoms with Crippen LogP contribution in [0.5, 0.6) is 11.5 Å². The van der Waals surface area contributed by atoms with Crippen molar-refractivity contribution in [3.05, 3.63) is 189 Å². The lowest BCUT2D eigenvalue weighted by Gasteiger charge is -2.28. The molecule has 8 aromatic rings. The average Bonchev–Trinajstić information content (AvgIpc) is 3.39. The number of hydrogen-bond donors (Lipinski definition) is 0. The summed E-state index contributed by atoms with van der Waals surface area (Å²) in [5, 5.41) is 3.66. The second kappa shape index (κ2) is 21.7. The van der Waals surface area contributed by atoms with Gasteiger partial charge in [-0.15, -0.1) is 0 Å². The normalized spacial score (nSPS) is 18.2. The zero-order chi connectivity index (χ0) is 48.1. The maximum Gasteiger partial charge on any atom is 0.343 e. The molecular formula is C64H60Br2O4. The Labute approximate surface area is 430 Å². The van der Waals surface area contributed by atoms with Gasteiger partial charge in [-0.3, -0.25) is 0 Å². The van der Waals surface area contributed by atoms with Crippen molar-refractivity contribution >= 4 is 65.3 Å². The molecular weight excluding hydrogens is 993 g/mol. The molecule has 70 heavy (non-hydrogen) atoms. The number of fused-ring (bicyclic) bond motifs is 2. The third kappa shape index (κ3) is 10.6. The number of carbonyl (C=O) groups excluding carboxylic acids is 2. The lowest BCUT2D eigenvalue weighted by Crippen LogP contribution is -2.13. The molecule has 0 atom stereocenters. The highest BCUT2D eigenvalue weighted by atomic mass is 79.9. The summed E-state index contributed by atoms with van der Waals surface area (Å²) in [6.07, 6.45) is 15.6. The van der Waals surface area contributed by atoms with Crippen LogP contribution in [0.1, 0.15) is 135 Å². The molecule has 2 aliphatic rings. The predicted molar refractivity (Wildman–Crippen MR) is 295 cm³/mol. The predicted octanol–water partition coefficient (Wildman–Crippen LogP) is 19.1. The molecule has 0 aliphatic heterocycles. The van der Waals surface area contributed by atoms with E-state index in [9.17, 15) is 9.59 Å². The Kier molecular flexibility index (Phi) is 14.8. The first-order valence-corrected chi connectivity index (χ1v) is 27.1. The minimum Gasteiger partial charge on any atom is -0.422 e. The summed E-state index contributed by atoms with van der Waals surface area (Å²) in [5.74, 6) is 2.74. The first kappa shape index (κ1) is 47.8. The van der Waals surface area contributed by atoms with Gasteiger partial charge in [0.05, 0.1) is 11.1 Å². The van der Waals surface area contributed by atoms with Crippen molar-refractivity contribution in [2.45, 2.75) is 103 Å². The highest BCUT2D eigenvalue weighted by Crippen LogP contribution is 2.48. The Bertz CT molecular complexity index is 2910. The van der Waals surface area contributed by atoms with E-state index in [1.54, 1.807) is 24.3 Å². The van der Waals surface area contributed by atoms with Gasteiger partial charge in [-0.05, 0) is 203 Å². The fourth-order valence-corrected chi connectivity index (χ4v) is 12.0. The minimum atomic E-state index is -0.489. The number of halogens is 2. The fraction of sp³-hybridized carbons (Fsp3) is 0.281. The third-order valence-corrected chi connectivity index (χ3v) is 16.4. The highest BCUT2D eigenvalue weighted by molar-refractivity contribution is 9.10. The van der Waals surface area contributed by atoms with Crippen molar-refractivity contribution < 1.29 is 19.1 Å². The first-order valence-electron chi connectivity index (χ1n) is 25.5. The van der Waals surface area contributed by atoms with Gasteiger partial charge in [0.25, 0.3) is 0 Å². The summed E-state index contributed by atoms with van der Waals surface area (Å²) in [7, 11) is 0. The molecule has 0 unspecified atom stereocenters. The monoisotopic (exact) mass is 1050 g/mol. The standard InChI is InChI=1S/C64H60Br2O4/c1-3-5-41-7-11-43(12-8-41)45-15-19-47(20-16-45)51-27-35-57-53(39-51)29-37-59(69-63(67)49-23-31-55(65)32-24-49)61(57)62-58-36-28-52(48-21-17-46(18-22-48)44-13-9-42(6-4-2)10-14-44)40-54(58)30-38-60(62)70-64(68)50-25-33-56(66)34-26-50/h15-44H,3-14H2,1-2H3/t41-,42-,43-,44-. The molecule has 6 heteroatoms. The van der Waals surface area contributed by atoms with Crippen LogP contribution in [0.4, 0.5) is 0 Å². The molecule has 4 nitrogen and oxygen atoms in total. The van der Waals surface area contributed by atoms with Gasteiger partial charge in [-0.1, -0.05) is 156 Å². The molecule has 0 N–H and O–H groups in total. The van der Waals surface area contributed by atoms with Crippen molar-refractivity contribution in [3.63, 3.8) is 0 Å². The number of benzene rings is 8. The lowest BCUT2D eigenvalue weighted by atomic mass is 9.77. The van der Waals surface area contributed by atoms with Crippen molar-refractivity contribution in [2.24, 2.45) is 11.8 Å². The molecule has 354 valence electrons. The molecule has 0 amide bonds. The second-order valence-electron chi connectivity index (χ2n) is 19.8.